The molecular formula is C16H18N2O3. The third-order valence-electron chi connectivity index (χ3n) is 2.96. The van der Waals surface area contributed by atoms with Crippen molar-refractivity contribution in [1.82, 2.24) is 4.98 Å². The van der Waals surface area contributed by atoms with E-state index in [0.717, 1.165) is 12.2 Å². The Bertz CT molecular complexity index is 600. The number of nitrogens with one attached hydrogen (secondary N) is 1. The molecule has 1 aromatic heterocycles. The van der Waals surface area contributed by atoms with Crippen LogP contribution in [0.5, 0.6) is 5.75 Å². The maximum Gasteiger partial charge on any atom is 0.337 e. The van der Waals surface area contributed by atoms with Crippen LogP contribution in [0.3, 0.4) is 0 Å². The van der Waals surface area contributed by atoms with Crippen LogP contribution in [0.1, 0.15) is 22.5 Å². The summed E-state index contributed by atoms with van der Waals surface area (Å²) >= 11 is 0. The predicted octanol–water partition coefficient (Wildman–Crippen LogP) is 2.97. The Hall–Kier alpha value is -2.56. The number of anilines is 1. The number of carboxylic acids is 1. The molecule has 0 fully saturated rings. The van der Waals surface area contributed by atoms with Gasteiger partial charge in [-0.1, -0.05) is 18.2 Å². The zero-order valence-electron chi connectivity index (χ0n) is 11.9. The Balaban J connectivity index is 1.74. The van der Waals surface area contributed by atoms with Crippen molar-refractivity contribution >= 4 is 11.8 Å². The molecule has 0 aliphatic rings. The summed E-state index contributed by atoms with van der Waals surface area (Å²) in [7, 11) is 0. The molecule has 0 amide bonds. The fraction of sp³-hybridized carbons (Fsp3) is 0.250. The maximum atomic E-state index is 10.9. The fourth-order valence-electron chi connectivity index (χ4n) is 1.88. The quantitative estimate of drug-likeness (QED) is 0.766. The van der Waals surface area contributed by atoms with Gasteiger partial charge in [-0.25, -0.2) is 9.78 Å². The molecule has 2 aromatic rings. The van der Waals surface area contributed by atoms with Crippen LogP contribution in [-0.4, -0.2) is 29.2 Å². The van der Waals surface area contributed by atoms with Crippen LogP contribution in [0.4, 0.5) is 5.82 Å². The first kappa shape index (κ1) is 14.8. The van der Waals surface area contributed by atoms with Gasteiger partial charge in [0.2, 0.25) is 0 Å². The van der Waals surface area contributed by atoms with Gasteiger partial charge in [-0.05, 0) is 37.6 Å². The molecule has 110 valence electrons. The second kappa shape index (κ2) is 7.28. The second-order valence-corrected chi connectivity index (χ2v) is 4.58. The lowest BCUT2D eigenvalue weighted by Crippen LogP contribution is -2.10. The first-order valence-corrected chi connectivity index (χ1v) is 6.79. The average molecular weight is 286 g/mol. The monoisotopic (exact) mass is 286 g/mol. The van der Waals surface area contributed by atoms with E-state index < -0.39 is 5.97 Å². The standard InChI is InChI=1S/C16H18N2O3/c1-12-14(16(19)20)8-9-15(18-12)17-10-5-11-21-13-6-3-2-4-7-13/h2-4,6-9H,5,10-11H2,1H3,(H,17,18)(H,19,20). The molecule has 0 bridgehead atoms. The van der Waals surface area contributed by atoms with Gasteiger partial charge < -0.3 is 15.2 Å². The maximum absolute atomic E-state index is 10.9. The zero-order chi connectivity index (χ0) is 15.1. The Morgan fingerprint density at radius 3 is 2.67 bits per heavy atom. The van der Waals surface area contributed by atoms with Gasteiger partial charge >= 0.3 is 5.97 Å². The summed E-state index contributed by atoms with van der Waals surface area (Å²) in [5.74, 6) is 0.581. The summed E-state index contributed by atoms with van der Waals surface area (Å²) in [4.78, 5) is 15.1. The Kier molecular flexibility index (Phi) is 5.15. The molecule has 0 atom stereocenters. The summed E-state index contributed by atoms with van der Waals surface area (Å²) in [6, 6.07) is 12.9. The van der Waals surface area contributed by atoms with Gasteiger partial charge in [0.05, 0.1) is 17.9 Å². The molecule has 0 unspecified atom stereocenters. The fourth-order valence-corrected chi connectivity index (χ4v) is 1.88. The third kappa shape index (κ3) is 4.49. The molecule has 5 heteroatoms. The number of aryl methyl sites for hydroxylation is 1. The molecule has 0 aliphatic carbocycles. The van der Waals surface area contributed by atoms with E-state index in [4.69, 9.17) is 9.84 Å². The minimum absolute atomic E-state index is 0.230. The molecule has 2 N–H and O–H groups in total. The van der Waals surface area contributed by atoms with E-state index in [9.17, 15) is 4.79 Å². The molecule has 0 saturated carbocycles. The van der Waals surface area contributed by atoms with E-state index in [1.165, 1.54) is 0 Å². The van der Waals surface area contributed by atoms with Crippen LogP contribution in [0.2, 0.25) is 0 Å². The number of pyridine rings is 1. The van der Waals surface area contributed by atoms with Crippen molar-refractivity contribution in [2.24, 2.45) is 0 Å². The van der Waals surface area contributed by atoms with Crippen LogP contribution in [-0.2, 0) is 0 Å². The summed E-state index contributed by atoms with van der Waals surface area (Å²) in [6.45, 7) is 3.02. The van der Waals surface area contributed by atoms with Crippen LogP contribution in [0, 0.1) is 6.92 Å². The number of carbonyl (C=O) groups is 1. The number of rotatable bonds is 7. The van der Waals surface area contributed by atoms with E-state index in [-0.39, 0.29) is 5.56 Å². The second-order valence-electron chi connectivity index (χ2n) is 4.58. The Labute approximate surface area is 123 Å². The lowest BCUT2D eigenvalue weighted by atomic mass is 10.2. The SMILES string of the molecule is Cc1nc(NCCCOc2ccccc2)ccc1C(=O)O. The zero-order valence-corrected chi connectivity index (χ0v) is 11.9. The minimum Gasteiger partial charge on any atom is -0.494 e. The molecule has 5 nitrogen and oxygen atoms in total. The normalized spacial score (nSPS) is 10.1. The molecule has 1 aromatic carbocycles. The summed E-state index contributed by atoms with van der Waals surface area (Å²) in [5, 5.41) is 12.1. The van der Waals surface area contributed by atoms with Crippen LogP contribution in [0.25, 0.3) is 0 Å². The highest BCUT2D eigenvalue weighted by Crippen LogP contribution is 2.11. The highest BCUT2D eigenvalue weighted by atomic mass is 16.5. The van der Waals surface area contributed by atoms with Gasteiger partial charge in [0.15, 0.2) is 0 Å². The molecular weight excluding hydrogens is 268 g/mol. The molecule has 21 heavy (non-hydrogen) atoms. The van der Waals surface area contributed by atoms with Gasteiger partial charge in [-0.2, -0.15) is 0 Å². The Morgan fingerprint density at radius 2 is 2.00 bits per heavy atom. The van der Waals surface area contributed by atoms with Gasteiger partial charge in [0.1, 0.15) is 11.6 Å². The highest BCUT2D eigenvalue weighted by Gasteiger charge is 2.08. The van der Waals surface area contributed by atoms with Gasteiger partial charge in [-0.3, -0.25) is 0 Å². The lowest BCUT2D eigenvalue weighted by Gasteiger charge is -2.09. The van der Waals surface area contributed by atoms with Crippen molar-refractivity contribution in [3.63, 3.8) is 0 Å². The van der Waals surface area contributed by atoms with E-state index in [1.54, 1.807) is 19.1 Å². The van der Waals surface area contributed by atoms with Crippen molar-refractivity contribution in [3.8, 4) is 5.75 Å². The number of hydrogen-bond donors (Lipinski definition) is 2. The first-order valence-electron chi connectivity index (χ1n) is 6.79. The number of ether oxygens (including phenoxy) is 1. The predicted molar refractivity (Wildman–Crippen MR) is 81.0 cm³/mol. The number of carboxylic acid groups (broad SMARTS) is 1. The number of aromatic carboxylic acids is 1. The van der Waals surface area contributed by atoms with Crippen LogP contribution >= 0.6 is 0 Å². The van der Waals surface area contributed by atoms with Gasteiger partial charge in [0, 0.05) is 6.54 Å². The van der Waals surface area contributed by atoms with Gasteiger partial charge in [-0.15, -0.1) is 0 Å². The summed E-state index contributed by atoms with van der Waals surface area (Å²) in [5.41, 5.74) is 0.737. The summed E-state index contributed by atoms with van der Waals surface area (Å²) in [6.07, 6.45) is 0.830. The third-order valence-corrected chi connectivity index (χ3v) is 2.96. The smallest absolute Gasteiger partial charge is 0.337 e. The topological polar surface area (TPSA) is 71.5 Å². The van der Waals surface area contributed by atoms with Crippen molar-refractivity contribution in [2.45, 2.75) is 13.3 Å². The number of nitrogens with zero attached hydrogens (tertiary/aromatic N) is 1. The van der Waals surface area contributed by atoms with Crippen LogP contribution in [0.15, 0.2) is 42.5 Å². The molecule has 1 heterocycles. The van der Waals surface area contributed by atoms with E-state index in [1.807, 2.05) is 30.3 Å². The Morgan fingerprint density at radius 1 is 1.24 bits per heavy atom. The van der Waals surface area contributed by atoms with E-state index in [0.29, 0.717) is 24.7 Å². The molecule has 0 radical (unpaired) electrons. The lowest BCUT2D eigenvalue weighted by molar-refractivity contribution is 0.0695. The molecule has 0 spiro atoms. The number of aromatic nitrogens is 1. The largest absolute Gasteiger partial charge is 0.494 e. The number of para-hydroxylation sites is 1. The first-order chi connectivity index (χ1) is 10.2. The van der Waals surface area contributed by atoms with Crippen molar-refractivity contribution in [3.05, 3.63) is 53.7 Å². The molecule has 2 rings (SSSR count). The molecule has 0 aliphatic heterocycles. The van der Waals surface area contributed by atoms with E-state index in [2.05, 4.69) is 10.3 Å². The summed E-state index contributed by atoms with van der Waals surface area (Å²) < 4.78 is 5.58. The molecule has 0 saturated heterocycles. The van der Waals surface area contributed by atoms with Crippen molar-refractivity contribution in [1.29, 1.82) is 0 Å². The van der Waals surface area contributed by atoms with Crippen molar-refractivity contribution < 1.29 is 14.6 Å². The minimum atomic E-state index is -0.956. The van der Waals surface area contributed by atoms with E-state index >= 15 is 0 Å². The highest BCUT2D eigenvalue weighted by molar-refractivity contribution is 5.89. The van der Waals surface area contributed by atoms with Crippen LogP contribution < -0.4 is 10.1 Å². The number of benzene rings is 1. The van der Waals surface area contributed by atoms with Crippen molar-refractivity contribution in [2.75, 3.05) is 18.5 Å². The number of hydrogen-bond acceptors (Lipinski definition) is 4. The van der Waals surface area contributed by atoms with Gasteiger partial charge in [0.25, 0.3) is 0 Å². The average Bonchev–Trinajstić information content (AvgIpc) is 2.47.